The molecule has 3 rings (SSSR count). The maximum absolute atomic E-state index is 12.4. The Morgan fingerprint density at radius 2 is 1.72 bits per heavy atom. The van der Waals surface area contributed by atoms with E-state index < -0.39 is 5.97 Å². The minimum absolute atomic E-state index is 0.279. The average Bonchev–Trinajstić information content (AvgIpc) is 2.61. The first-order chi connectivity index (χ1) is 12.0. The average molecular weight is 374 g/mol. The number of hydrogen-bond donors (Lipinski definition) is 1. The number of hydrogen-bond acceptors (Lipinski definition) is 3. The molecule has 4 nitrogen and oxygen atoms in total. The normalized spacial score (nSPS) is 10.5. The molecule has 0 saturated heterocycles. The van der Waals surface area contributed by atoms with Crippen molar-refractivity contribution in [3.63, 3.8) is 0 Å². The molecule has 126 valence electrons. The van der Waals surface area contributed by atoms with Gasteiger partial charge in [0.2, 0.25) is 0 Å². The van der Waals surface area contributed by atoms with Gasteiger partial charge in [-0.1, -0.05) is 41.4 Å². The van der Waals surface area contributed by atoms with Crippen LogP contribution in [-0.2, 0) is 4.74 Å². The van der Waals surface area contributed by atoms with Gasteiger partial charge in [-0.2, -0.15) is 0 Å². The highest BCUT2D eigenvalue weighted by atomic mass is 35.5. The van der Waals surface area contributed by atoms with Crippen LogP contribution in [0.1, 0.15) is 20.7 Å². The number of anilines is 1. The van der Waals surface area contributed by atoms with Crippen LogP contribution in [0.25, 0.3) is 10.8 Å². The van der Waals surface area contributed by atoms with Crippen molar-refractivity contribution in [2.24, 2.45) is 0 Å². The van der Waals surface area contributed by atoms with Crippen LogP contribution in [-0.4, -0.2) is 19.0 Å². The second-order valence-corrected chi connectivity index (χ2v) is 6.13. The fraction of sp³-hybridized carbons (Fsp3) is 0.0526. The fourth-order valence-corrected chi connectivity index (χ4v) is 3.17. The zero-order valence-corrected chi connectivity index (χ0v) is 14.7. The van der Waals surface area contributed by atoms with E-state index in [0.717, 1.165) is 0 Å². The second kappa shape index (κ2) is 7.13. The highest BCUT2D eigenvalue weighted by Gasteiger charge is 2.17. The first-order valence-electron chi connectivity index (χ1n) is 7.37. The number of benzene rings is 3. The summed E-state index contributed by atoms with van der Waals surface area (Å²) in [5.41, 5.74) is 1.32. The van der Waals surface area contributed by atoms with Crippen LogP contribution in [0.5, 0.6) is 0 Å². The highest BCUT2D eigenvalue weighted by molar-refractivity contribution is 6.40. The predicted octanol–water partition coefficient (Wildman–Crippen LogP) is 5.19. The van der Waals surface area contributed by atoms with Gasteiger partial charge in [-0.05, 0) is 36.4 Å². The third kappa shape index (κ3) is 3.45. The second-order valence-electron chi connectivity index (χ2n) is 5.28. The first kappa shape index (κ1) is 17.3. The molecule has 0 aliphatic rings. The Balaban J connectivity index is 2.14. The van der Waals surface area contributed by atoms with Crippen LogP contribution in [0.2, 0.25) is 10.0 Å². The number of rotatable bonds is 3. The van der Waals surface area contributed by atoms with Crippen LogP contribution >= 0.6 is 23.2 Å². The van der Waals surface area contributed by atoms with Crippen LogP contribution in [0.3, 0.4) is 0 Å². The van der Waals surface area contributed by atoms with Crippen molar-refractivity contribution >= 4 is 51.5 Å². The molecule has 0 aliphatic carbocycles. The van der Waals surface area contributed by atoms with Crippen molar-refractivity contribution < 1.29 is 14.3 Å². The van der Waals surface area contributed by atoms with Gasteiger partial charge in [0.1, 0.15) is 0 Å². The van der Waals surface area contributed by atoms with Gasteiger partial charge < -0.3 is 10.1 Å². The maximum atomic E-state index is 12.4. The lowest BCUT2D eigenvalue weighted by molar-refractivity contribution is 0.0603. The number of ether oxygens (including phenoxy) is 1. The molecule has 3 aromatic carbocycles. The number of nitrogens with one attached hydrogen (secondary N) is 1. The zero-order valence-electron chi connectivity index (χ0n) is 13.2. The quantitative estimate of drug-likeness (QED) is 0.643. The van der Waals surface area contributed by atoms with Crippen LogP contribution < -0.4 is 5.32 Å². The van der Waals surface area contributed by atoms with E-state index in [1.54, 1.807) is 48.5 Å². The van der Waals surface area contributed by atoms with Crippen LogP contribution in [0.15, 0.2) is 54.6 Å². The predicted molar refractivity (Wildman–Crippen MR) is 99.7 cm³/mol. The summed E-state index contributed by atoms with van der Waals surface area (Å²) in [6, 6.07) is 15.2. The molecule has 0 unspecified atom stereocenters. The SMILES string of the molecule is COC(=O)c1ccc(NC(=O)c2ccccc2)c2c(Cl)cc(Cl)cc12. The van der Waals surface area contributed by atoms with Crippen LogP contribution in [0.4, 0.5) is 5.69 Å². The molecule has 6 heteroatoms. The summed E-state index contributed by atoms with van der Waals surface area (Å²) in [5, 5.41) is 4.58. The first-order valence-corrected chi connectivity index (χ1v) is 8.13. The molecule has 0 radical (unpaired) electrons. The summed E-state index contributed by atoms with van der Waals surface area (Å²) < 4.78 is 4.80. The summed E-state index contributed by atoms with van der Waals surface area (Å²) in [5.74, 6) is -0.789. The van der Waals surface area contributed by atoms with Crippen molar-refractivity contribution in [2.45, 2.75) is 0 Å². The Morgan fingerprint density at radius 1 is 1.00 bits per heavy atom. The number of carbonyl (C=O) groups is 2. The van der Waals surface area contributed by atoms with Gasteiger partial charge in [-0.3, -0.25) is 4.79 Å². The molecule has 1 N–H and O–H groups in total. The smallest absolute Gasteiger partial charge is 0.338 e. The van der Waals surface area contributed by atoms with Gasteiger partial charge in [0.15, 0.2) is 0 Å². The Labute approximate surface area is 154 Å². The van der Waals surface area contributed by atoms with Gasteiger partial charge in [-0.15, -0.1) is 0 Å². The minimum Gasteiger partial charge on any atom is -0.465 e. The third-order valence-corrected chi connectivity index (χ3v) is 4.24. The number of carbonyl (C=O) groups excluding carboxylic acids is 2. The van der Waals surface area contributed by atoms with E-state index in [4.69, 9.17) is 27.9 Å². The van der Waals surface area contributed by atoms with Crippen molar-refractivity contribution in [2.75, 3.05) is 12.4 Å². The van der Waals surface area contributed by atoms with E-state index in [1.165, 1.54) is 7.11 Å². The topological polar surface area (TPSA) is 55.4 Å². The lowest BCUT2D eigenvalue weighted by Gasteiger charge is -2.13. The van der Waals surface area contributed by atoms with E-state index >= 15 is 0 Å². The molecule has 1 amide bonds. The van der Waals surface area contributed by atoms with Gasteiger partial charge in [-0.25, -0.2) is 4.79 Å². The molecular formula is C19H13Cl2NO3. The number of methoxy groups -OCH3 is 1. The molecule has 0 bridgehead atoms. The van der Waals surface area contributed by atoms with Gasteiger partial charge >= 0.3 is 5.97 Å². The molecule has 0 heterocycles. The molecule has 0 atom stereocenters. The standard InChI is InChI=1S/C19H13Cl2NO3/c1-25-19(24)13-7-8-16(17-14(13)9-12(20)10-15(17)21)22-18(23)11-5-3-2-4-6-11/h2-10H,1H3,(H,22,23). The van der Waals surface area contributed by atoms with E-state index in [2.05, 4.69) is 5.32 Å². The molecule has 0 fully saturated rings. The molecule has 3 aromatic rings. The fourth-order valence-electron chi connectivity index (χ4n) is 2.58. The lowest BCUT2D eigenvalue weighted by Crippen LogP contribution is -2.12. The summed E-state index contributed by atoms with van der Waals surface area (Å²) >= 11 is 12.4. The third-order valence-electron chi connectivity index (χ3n) is 3.72. The maximum Gasteiger partial charge on any atom is 0.338 e. The molecular weight excluding hydrogens is 361 g/mol. The Bertz CT molecular complexity index is 971. The van der Waals surface area contributed by atoms with Gasteiger partial charge in [0.05, 0.1) is 23.4 Å². The van der Waals surface area contributed by atoms with E-state index in [0.29, 0.717) is 37.6 Å². The number of esters is 1. The molecule has 0 aliphatic heterocycles. The zero-order chi connectivity index (χ0) is 18.0. The van der Waals surface area contributed by atoms with Crippen molar-refractivity contribution in [3.8, 4) is 0 Å². The Morgan fingerprint density at radius 3 is 2.40 bits per heavy atom. The summed E-state index contributed by atoms with van der Waals surface area (Å²) in [7, 11) is 1.30. The van der Waals surface area contributed by atoms with Crippen molar-refractivity contribution in [1.82, 2.24) is 0 Å². The number of fused-ring (bicyclic) bond motifs is 1. The molecule has 0 saturated carbocycles. The number of halogens is 2. The Hall–Kier alpha value is -2.56. The van der Waals surface area contributed by atoms with Crippen LogP contribution in [0, 0.1) is 0 Å². The largest absolute Gasteiger partial charge is 0.465 e. The molecule has 0 aromatic heterocycles. The summed E-state index contributed by atoms with van der Waals surface area (Å²) in [4.78, 5) is 24.4. The van der Waals surface area contributed by atoms with E-state index in [-0.39, 0.29) is 5.91 Å². The monoisotopic (exact) mass is 373 g/mol. The van der Waals surface area contributed by atoms with Gasteiger partial charge in [0, 0.05) is 21.4 Å². The van der Waals surface area contributed by atoms with Gasteiger partial charge in [0.25, 0.3) is 5.91 Å². The highest BCUT2D eigenvalue weighted by Crippen LogP contribution is 2.36. The summed E-state index contributed by atoms with van der Waals surface area (Å²) in [6.45, 7) is 0. The number of amides is 1. The van der Waals surface area contributed by atoms with E-state index in [1.807, 2.05) is 6.07 Å². The Kier molecular flexibility index (Phi) is 4.93. The van der Waals surface area contributed by atoms with E-state index in [9.17, 15) is 9.59 Å². The van der Waals surface area contributed by atoms with Crippen molar-refractivity contribution in [3.05, 3.63) is 75.8 Å². The summed E-state index contributed by atoms with van der Waals surface area (Å²) in [6.07, 6.45) is 0. The lowest BCUT2D eigenvalue weighted by atomic mass is 10.0. The molecule has 0 spiro atoms. The van der Waals surface area contributed by atoms with Crippen molar-refractivity contribution in [1.29, 1.82) is 0 Å². The minimum atomic E-state index is -0.510. The molecule has 25 heavy (non-hydrogen) atoms.